The lowest BCUT2D eigenvalue weighted by Gasteiger charge is -2.19. The fourth-order valence-electron chi connectivity index (χ4n) is 1.40. The van der Waals surface area contributed by atoms with E-state index >= 15 is 0 Å². The summed E-state index contributed by atoms with van der Waals surface area (Å²) < 4.78 is 5.35. The Bertz CT molecular complexity index is 359. The van der Waals surface area contributed by atoms with Crippen molar-refractivity contribution in [1.29, 1.82) is 0 Å². The van der Waals surface area contributed by atoms with Gasteiger partial charge in [-0.05, 0) is 12.5 Å². The van der Waals surface area contributed by atoms with Gasteiger partial charge in [0.05, 0.1) is 5.41 Å². The van der Waals surface area contributed by atoms with Gasteiger partial charge in [0.25, 0.3) is 0 Å². The largest absolute Gasteiger partial charge is 0.460 e. The number of hydrogen-bond donors (Lipinski definition) is 0. The van der Waals surface area contributed by atoms with Gasteiger partial charge in [0.2, 0.25) is 0 Å². The molecule has 1 aromatic carbocycles. The number of carbonyl (C=O) groups is 1. The zero-order valence-electron chi connectivity index (χ0n) is 9.14. The summed E-state index contributed by atoms with van der Waals surface area (Å²) in [5, 5.41) is 0. The SMILES string of the molecule is CC1(C(=O)OCc2ccccc2)CSSC1. The average molecular weight is 254 g/mol. The first kappa shape index (κ1) is 11.9. The Morgan fingerprint density at radius 2 is 1.94 bits per heavy atom. The molecule has 0 aliphatic carbocycles. The molecule has 0 spiro atoms. The number of rotatable bonds is 3. The monoisotopic (exact) mass is 254 g/mol. The van der Waals surface area contributed by atoms with Gasteiger partial charge in [-0.3, -0.25) is 4.79 Å². The predicted octanol–water partition coefficient (Wildman–Crippen LogP) is 3.13. The molecule has 4 heteroatoms. The molecule has 0 N–H and O–H groups in total. The van der Waals surface area contributed by atoms with Crippen LogP contribution in [0.4, 0.5) is 0 Å². The van der Waals surface area contributed by atoms with E-state index in [-0.39, 0.29) is 11.4 Å². The van der Waals surface area contributed by atoms with Crippen LogP contribution in [0.25, 0.3) is 0 Å². The predicted molar refractivity (Wildman–Crippen MR) is 69.3 cm³/mol. The number of benzene rings is 1. The van der Waals surface area contributed by atoms with Crippen molar-refractivity contribution in [2.75, 3.05) is 11.5 Å². The molecule has 0 atom stereocenters. The summed E-state index contributed by atoms with van der Waals surface area (Å²) in [6.07, 6.45) is 0. The number of hydrogen-bond acceptors (Lipinski definition) is 4. The van der Waals surface area contributed by atoms with Crippen molar-refractivity contribution < 1.29 is 9.53 Å². The fourth-order valence-corrected chi connectivity index (χ4v) is 4.72. The lowest BCUT2D eigenvalue weighted by atomic mass is 9.96. The Labute approximate surface area is 104 Å². The summed E-state index contributed by atoms with van der Waals surface area (Å²) in [6, 6.07) is 9.79. The molecule has 2 rings (SSSR count). The summed E-state index contributed by atoms with van der Waals surface area (Å²) in [7, 11) is 3.49. The van der Waals surface area contributed by atoms with Crippen LogP contribution in [-0.2, 0) is 16.1 Å². The zero-order chi connectivity index (χ0) is 11.4. The van der Waals surface area contributed by atoms with Crippen molar-refractivity contribution in [3.63, 3.8) is 0 Å². The molecule has 0 amide bonds. The highest BCUT2D eigenvalue weighted by atomic mass is 33.1. The standard InChI is InChI=1S/C12H14O2S2/c1-12(8-15-16-9-12)11(13)14-7-10-5-3-2-4-6-10/h2-6H,7-9H2,1H3. The Balaban J connectivity index is 1.89. The van der Waals surface area contributed by atoms with E-state index < -0.39 is 0 Å². The Hall–Kier alpha value is -0.610. The highest BCUT2D eigenvalue weighted by molar-refractivity contribution is 8.77. The minimum atomic E-state index is -0.301. The van der Waals surface area contributed by atoms with E-state index in [1.807, 2.05) is 37.3 Å². The quantitative estimate of drug-likeness (QED) is 0.611. The van der Waals surface area contributed by atoms with Gasteiger partial charge in [0.15, 0.2) is 0 Å². The minimum absolute atomic E-state index is 0.0751. The van der Waals surface area contributed by atoms with Gasteiger partial charge in [-0.1, -0.05) is 51.9 Å². The van der Waals surface area contributed by atoms with E-state index in [1.54, 1.807) is 21.6 Å². The molecule has 0 saturated carbocycles. The van der Waals surface area contributed by atoms with Gasteiger partial charge in [-0.25, -0.2) is 0 Å². The second-order valence-electron chi connectivity index (χ2n) is 4.15. The molecule has 1 fully saturated rings. The van der Waals surface area contributed by atoms with Gasteiger partial charge < -0.3 is 4.74 Å². The van der Waals surface area contributed by atoms with Crippen LogP contribution in [-0.4, -0.2) is 17.5 Å². The smallest absolute Gasteiger partial charge is 0.313 e. The van der Waals surface area contributed by atoms with E-state index in [9.17, 15) is 4.79 Å². The van der Waals surface area contributed by atoms with Crippen LogP contribution in [0.2, 0.25) is 0 Å². The molecule has 2 nitrogen and oxygen atoms in total. The number of esters is 1. The molecule has 1 aromatic rings. The average Bonchev–Trinajstić information content (AvgIpc) is 2.76. The van der Waals surface area contributed by atoms with E-state index in [4.69, 9.17) is 4.74 Å². The first-order chi connectivity index (χ1) is 7.71. The molecule has 1 saturated heterocycles. The van der Waals surface area contributed by atoms with Gasteiger partial charge >= 0.3 is 5.97 Å². The summed E-state index contributed by atoms with van der Waals surface area (Å²) in [4.78, 5) is 11.9. The third-order valence-electron chi connectivity index (χ3n) is 2.54. The lowest BCUT2D eigenvalue weighted by molar-refractivity contribution is -0.153. The molecular formula is C12H14O2S2. The molecule has 0 unspecified atom stereocenters. The second kappa shape index (κ2) is 5.15. The van der Waals surface area contributed by atoms with Crippen LogP contribution >= 0.6 is 21.6 Å². The molecule has 1 aliphatic rings. The highest BCUT2D eigenvalue weighted by Gasteiger charge is 2.39. The second-order valence-corrected chi connectivity index (χ2v) is 6.61. The Morgan fingerprint density at radius 3 is 2.56 bits per heavy atom. The zero-order valence-corrected chi connectivity index (χ0v) is 10.8. The molecular weight excluding hydrogens is 240 g/mol. The minimum Gasteiger partial charge on any atom is -0.460 e. The summed E-state index contributed by atoms with van der Waals surface area (Å²) in [5.74, 6) is 1.63. The molecule has 16 heavy (non-hydrogen) atoms. The Kier molecular flexibility index (Phi) is 3.82. The van der Waals surface area contributed by atoms with Crippen molar-refractivity contribution in [2.45, 2.75) is 13.5 Å². The third-order valence-corrected chi connectivity index (χ3v) is 5.43. The van der Waals surface area contributed by atoms with Crippen molar-refractivity contribution in [1.82, 2.24) is 0 Å². The van der Waals surface area contributed by atoms with E-state index in [2.05, 4.69) is 0 Å². The van der Waals surface area contributed by atoms with E-state index in [1.165, 1.54) is 0 Å². The van der Waals surface area contributed by atoms with Gasteiger partial charge in [0, 0.05) is 11.5 Å². The van der Waals surface area contributed by atoms with Gasteiger partial charge in [-0.15, -0.1) is 0 Å². The van der Waals surface area contributed by atoms with Crippen LogP contribution in [0.3, 0.4) is 0 Å². The number of ether oxygens (including phenoxy) is 1. The summed E-state index contributed by atoms with van der Waals surface area (Å²) in [5.41, 5.74) is 0.738. The maximum atomic E-state index is 11.9. The van der Waals surface area contributed by atoms with E-state index in [0.29, 0.717) is 6.61 Å². The molecule has 86 valence electrons. The molecule has 0 bridgehead atoms. The van der Waals surface area contributed by atoms with Crippen molar-refractivity contribution >= 4 is 27.6 Å². The highest BCUT2D eigenvalue weighted by Crippen LogP contribution is 2.43. The molecule has 0 aromatic heterocycles. The third kappa shape index (κ3) is 2.74. The van der Waals surface area contributed by atoms with Crippen LogP contribution in [0.15, 0.2) is 30.3 Å². The molecule has 1 aliphatic heterocycles. The maximum absolute atomic E-state index is 11.9. The first-order valence-electron chi connectivity index (χ1n) is 5.16. The van der Waals surface area contributed by atoms with E-state index in [0.717, 1.165) is 17.1 Å². The Morgan fingerprint density at radius 1 is 1.31 bits per heavy atom. The topological polar surface area (TPSA) is 26.3 Å². The molecule has 1 heterocycles. The normalized spacial score (nSPS) is 18.3. The summed E-state index contributed by atoms with van der Waals surface area (Å²) in [6.45, 7) is 2.36. The van der Waals surface area contributed by atoms with Gasteiger partial charge in [0.1, 0.15) is 6.61 Å². The lowest BCUT2D eigenvalue weighted by Crippen LogP contribution is -2.31. The van der Waals surface area contributed by atoms with Gasteiger partial charge in [-0.2, -0.15) is 0 Å². The number of carbonyl (C=O) groups excluding carboxylic acids is 1. The van der Waals surface area contributed by atoms with Crippen molar-refractivity contribution in [2.24, 2.45) is 5.41 Å². The maximum Gasteiger partial charge on any atom is 0.313 e. The summed E-state index contributed by atoms with van der Waals surface area (Å²) >= 11 is 0. The molecule has 0 radical (unpaired) electrons. The van der Waals surface area contributed by atoms with Crippen LogP contribution in [0.1, 0.15) is 12.5 Å². The first-order valence-corrected chi connectivity index (χ1v) is 7.65. The van der Waals surface area contributed by atoms with Crippen LogP contribution in [0, 0.1) is 5.41 Å². The van der Waals surface area contributed by atoms with Crippen molar-refractivity contribution in [3.8, 4) is 0 Å². The van der Waals surface area contributed by atoms with Crippen LogP contribution in [0.5, 0.6) is 0 Å². The fraction of sp³-hybridized carbons (Fsp3) is 0.417. The van der Waals surface area contributed by atoms with Crippen molar-refractivity contribution in [3.05, 3.63) is 35.9 Å². The van der Waals surface area contributed by atoms with Crippen LogP contribution < -0.4 is 0 Å².